The molecule has 1 fully saturated rings. The van der Waals surface area contributed by atoms with Gasteiger partial charge in [0.1, 0.15) is 5.82 Å². The number of nitrogens with zero attached hydrogens (tertiary/aromatic N) is 4. The molecule has 19 heavy (non-hydrogen) atoms. The van der Waals surface area contributed by atoms with E-state index in [0.717, 1.165) is 31.9 Å². The van der Waals surface area contributed by atoms with Crippen LogP contribution in [0.5, 0.6) is 0 Å². The van der Waals surface area contributed by atoms with E-state index < -0.39 is 0 Å². The Hall–Kier alpha value is -1.07. The standard InChI is InChI=1S/C14H27N5/c1-11-12(10-15)13(17(5)16-11)18-6-8-19(9-7-18)14(2,3)4/h6-10,15H2,1-5H3. The van der Waals surface area contributed by atoms with Crippen LogP contribution < -0.4 is 10.6 Å². The van der Waals surface area contributed by atoms with Crippen LogP contribution in [0.4, 0.5) is 5.82 Å². The van der Waals surface area contributed by atoms with Crippen LogP contribution in [0.3, 0.4) is 0 Å². The fourth-order valence-electron chi connectivity index (χ4n) is 2.91. The zero-order valence-corrected chi connectivity index (χ0v) is 12.9. The van der Waals surface area contributed by atoms with Gasteiger partial charge in [-0.05, 0) is 27.7 Å². The summed E-state index contributed by atoms with van der Waals surface area (Å²) in [6.45, 7) is 13.7. The van der Waals surface area contributed by atoms with Crippen LogP contribution in [0.25, 0.3) is 0 Å². The van der Waals surface area contributed by atoms with E-state index in [-0.39, 0.29) is 5.54 Å². The smallest absolute Gasteiger partial charge is 0.131 e. The summed E-state index contributed by atoms with van der Waals surface area (Å²) in [5.41, 5.74) is 8.37. The van der Waals surface area contributed by atoms with Gasteiger partial charge in [-0.2, -0.15) is 5.10 Å². The molecule has 108 valence electrons. The third-order valence-electron chi connectivity index (χ3n) is 4.05. The first-order valence-electron chi connectivity index (χ1n) is 7.07. The lowest BCUT2D eigenvalue weighted by Gasteiger charge is -2.43. The van der Waals surface area contributed by atoms with Crippen LogP contribution in [0.2, 0.25) is 0 Å². The lowest BCUT2D eigenvalue weighted by Crippen LogP contribution is -2.54. The molecule has 0 aliphatic carbocycles. The van der Waals surface area contributed by atoms with Gasteiger partial charge in [0.15, 0.2) is 0 Å². The molecule has 5 heteroatoms. The minimum Gasteiger partial charge on any atom is -0.354 e. The van der Waals surface area contributed by atoms with Gasteiger partial charge in [-0.1, -0.05) is 0 Å². The molecular weight excluding hydrogens is 238 g/mol. The molecule has 2 heterocycles. The first-order chi connectivity index (χ1) is 8.84. The SMILES string of the molecule is Cc1nn(C)c(N2CCN(C(C)(C)C)CC2)c1CN. The number of nitrogens with two attached hydrogens (primary N) is 1. The number of rotatable bonds is 2. The van der Waals surface area contributed by atoms with Crippen molar-refractivity contribution in [3.63, 3.8) is 0 Å². The van der Waals surface area contributed by atoms with Crippen molar-refractivity contribution in [2.24, 2.45) is 12.8 Å². The second kappa shape index (κ2) is 5.13. The van der Waals surface area contributed by atoms with E-state index in [2.05, 4.69) is 35.7 Å². The van der Waals surface area contributed by atoms with Crippen molar-refractivity contribution in [3.8, 4) is 0 Å². The Morgan fingerprint density at radius 1 is 1.16 bits per heavy atom. The summed E-state index contributed by atoms with van der Waals surface area (Å²) in [6.07, 6.45) is 0. The Morgan fingerprint density at radius 3 is 2.21 bits per heavy atom. The molecule has 1 aromatic rings. The van der Waals surface area contributed by atoms with E-state index in [0.29, 0.717) is 6.54 Å². The summed E-state index contributed by atoms with van der Waals surface area (Å²) in [5, 5.41) is 4.51. The van der Waals surface area contributed by atoms with Crippen LogP contribution in [0, 0.1) is 6.92 Å². The lowest BCUT2D eigenvalue weighted by atomic mass is 10.0. The first-order valence-corrected chi connectivity index (χ1v) is 7.07. The van der Waals surface area contributed by atoms with E-state index in [4.69, 9.17) is 5.73 Å². The minimum absolute atomic E-state index is 0.255. The summed E-state index contributed by atoms with van der Waals surface area (Å²) < 4.78 is 1.98. The second-order valence-electron chi connectivity index (χ2n) is 6.36. The molecule has 0 unspecified atom stereocenters. The fourth-order valence-corrected chi connectivity index (χ4v) is 2.91. The minimum atomic E-state index is 0.255. The molecule has 1 saturated heterocycles. The van der Waals surface area contributed by atoms with Crippen LogP contribution in [0.15, 0.2) is 0 Å². The molecular formula is C14H27N5. The van der Waals surface area contributed by atoms with Crippen molar-refractivity contribution in [2.75, 3.05) is 31.1 Å². The number of aryl methyl sites for hydroxylation is 2. The highest BCUT2D eigenvalue weighted by Crippen LogP contribution is 2.25. The summed E-state index contributed by atoms with van der Waals surface area (Å²) in [6, 6.07) is 0. The van der Waals surface area contributed by atoms with Gasteiger partial charge < -0.3 is 10.6 Å². The van der Waals surface area contributed by atoms with E-state index in [9.17, 15) is 0 Å². The van der Waals surface area contributed by atoms with Gasteiger partial charge in [0.25, 0.3) is 0 Å². The Labute approximate surface area is 116 Å². The van der Waals surface area contributed by atoms with Gasteiger partial charge >= 0.3 is 0 Å². The van der Waals surface area contributed by atoms with Crippen molar-refractivity contribution >= 4 is 5.82 Å². The predicted octanol–water partition coefficient (Wildman–Crippen LogP) is 1.11. The van der Waals surface area contributed by atoms with Gasteiger partial charge in [0, 0.05) is 50.9 Å². The molecule has 2 rings (SSSR count). The normalized spacial score (nSPS) is 18.1. The van der Waals surface area contributed by atoms with Gasteiger partial charge in [0.2, 0.25) is 0 Å². The molecule has 2 N–H and O–H groups in total. The van der Waals surface area contributed by atoms with E-state index in [1.54, 1.807) is 0 Å². The van der Waals surface area contributed by atoms with Gasteiger partial charge in [-0.3, -0.25) is 9.58 Å². The Balaban J connectivity index is 2.14. The van der Waals surface area contributed by atoms with Crippen LogP contribution >= 0.6 is 0 Å². The predicted molar refractivity (Wildman–Crippen MR) is 79.4 cm³/mol. The number of piperazine rings is 1. The first kappa shape index (κ1) is 14.3. The fraction of sp³-hybridized carbons (Fsp3) is 0.786. The maximum atomic E-state index is 5.88. The van der Waals surface area contributed by atoms with Crippen LogP contribution in [-0.4, -0.2) is 46.4 Å². The maximum absolute atomic E-state index is 5.88. The highest BCUT2D eigenvalue weighted by Gasteiger charge is 2.28. The molecule has 0 aromatic carbocycles. The van der Waals surface area contributed by atoms with Gasteiger partial charge in [-0.25, -0.2) is 0 Å². The molecule has 0 amide bonds. The van der Waals surface area contributed by atoms with E-state index >= 15 is 0 Å². The summed E-state index contributed by atoms with van der Waals surface area (Å²) in [5.74, 6) is 1.20. The van der Waals surface area contributed by atoms with Crippen LogP contribution in [0.1, 0.15) is 32.0 Å². The zero-order chi connectivity index (χ0) is 14.2. The zero-order valence-electron chi connectivity index (χ0n) is 12.9. The average molecular weight is 265 g/mol. The molecule has 0 radical (unpaired) electrons. The van der Waals surface area contributed by atoms with Crippen molar-refractivity contribution < 1.29 is 0 Å². The highest BCUT2D eigenvalue weighted by molar-refractivity contribution is 5.50. The number of anilines is 1. The van der Waals surface area contributed by atoms with Gasteiger partial charge in [-0.15, -0.1) is 0 Å². The van der Waals surface area contributed by atoms with Gasteiger partial charge in [0.05, 0.1) is 5.69 Å². The lowest BCUT2D eigenvalue weighted by molar-refractivity contribution is 0.128. The Bertz CT molecular complexity index is 435. The number of aromatic nitrogens is 2. The molecule has 0 bridgehead atoms. The van der Waals surface area contributed by atoms with E-state index in [1.807, 2.05) is 18.7 Å². The highest BCUT2D eigenvalue weighted by atomic mass is 15.4. The third-order valence-corrected chi connectivity index (χ3v) is 4.05. The Kier molecular flexibility index (Phi) is 3.87. The number of hydrogen-bond donors (Lipinski definition) is 1. The topological polar surface area (TPSA) is 50.3 Å². The van der Waals surface area contributed by atoms with Crippen molar-refractivity contribution in [1.82, 2.24) is 14.7 Å². The molecule has 0 atom stereocenters. The molecule has 0 spiro atoms. The maximum Gasteiger partial charge on any atom is 0.131 e. The number of hydrogen-bond acceptors (Lipinski definition) is 4. The van der Waals surface area contributed by atoms with Crippen molar-refractivity contribution in [2.45, 2.75) is 39.8 Å². The monoisotopic (exact) mass is 265 g/mol. The summed E-state index contributed by atoms with van der Waals surface area (Å²) in [7, 11) is 2.01. The third kappa shape index (κ3) is 2.77. The molecule has 1 aromatic heterocycles. The molecule has 5 nitrogen and oxygen atoms in total. The molecule has 0 saturated carbocycles. The second-order valence-corrected chi connectivity index (χ2v) is 6.36. The van der Waals surface area contributed by atoms with Crippen LogP contribution in [-0.2, 0) is 13.6 Å². The quantitative estimate of drug-likeness (QED) is 0.870. The Morgan fingerprint density at radius 2 is 1.74 bits per heavy atom. The average Bonchev–Trinajstić information content (AvgIpc) is 2.62. The molecule has 1 aliphatic heterocycles. The van der Waals surface area contributed by atoms with Crippen molar-refractivity contribution in [1.29, 1.82) is 0 Å². The summed E-state index contributed by atoms with van der Waals surface area (Å²) >= 11 is 0. The molecule has 1 aliphatic rings. The van der Waals surface area contributed by atoms with Crippen molar-refractivity contribution in [3.05, 3.63) is 11.3 Å². The van der Waals surface area contributed by atoms with E-state index in [1.165, 1.54) is 11.4 Å². The summed E-state index contributed by atoms with van der Waals surface area (Å²) in [4.78, 5) is 4.96. The largest absolute Gasteiger partial charge is 0.354 e.